The maximum atomic E-state index is 14.8. The van der Waals surface area contributed by atoms with Crippen molar-refractivity contribution in [3.05, 3.63) is 83.6 Å². The number of pyridine rings is 1. The molecule has 0 radical (unpaired) electrons. The second-order valence-electron chi connectivity index (χ2n) is 9.15. The van der Waals surface area contributed by atoms with Crippen LogP contribution in [0.1, 0.15) is 29.6 Å². The van der Waals surface area contributed by atoms with Crippen molar-refractivity contribution in [1.82, 2.24) is 9.61 Å². The number of aromatic nitrogens is 2. The Kier molecular flexibility index (Phi) is 12.1. The molecule has 0 saturated carbocycles. The molecule has 0 bridgehead atoms. The second-order valence-corrected chi connectivity index (χ2v) is 10.4. The fourth-order valence-corrected chi connectivity index (χ4v) is 4.04. The number of carbonyl (C=O) groups excluding carboxylic acids is 1. The summed E-state index contributed by atoms with van der Waals surface area (Å²) in [6.45, 7) is -0.432. The van der Waals surface area contributed by atoms with Crippen LogP contribution in [0.5, 0.6) is 5.88 Å². The number of phosphoric acid groups is 1. The maximum Gasteiger partial charge on any atom is 0.472 e. The minimum Gasteiger partial charge on any atom is -0.480 e. The molecule has 1 atom stereocenters. The number of halogens is 4. The number of nitrogens with zero attached hydrogens (tertiary/aromatic N) is 2. The van der Waals surface area contributed by atoms with Gasteiger partial charge in [0.15, 0.2) is 23.3 Å². The molecule has 45 heavy (non-hydrogen) atoms. The molecule has 2 aromatic carbocycles. The number of anilines is 1. The number of hydrogen-bond acceptors (Lipinski definition) is 8. The zero-order chi connectivity index (χ0) is 33.3. The topological polar surface area (TPSA) is 212 Å². The Morgan fingerprint density at radius 2 is 1.60 bits per heavy atom. The van der Waals surface area contributed by atoms with Crippen molar-refractivity contribution in [3.8, 4) is 17.0 Å². The van der Waals surface area contributed by atoms with Crippen molar-refractivity contribution in [1.29, 1.82) is 0 Å². The van der Waals surface area contributed by atoms with E-state index in [1.807, 2.05) is 0 Å². The number of carbonyl (C=O) groups is 2. The van der Waals surface area contributed by atoms with Gasteiger partial charge in [-0.15, -0.1) is 5.10 Å². The van der Waals surface area contributed by atoms with E-state index in [0.717, 1.165) is 17.4 Å². The number of carboxylic acids is 1. The number of nitrogens with one attached hydrogen (secondary N) is 1. The van der Waals surface area contributed by atoms with Gasteiger partial charge in [-0.1, -0.05) is 42.8 Å². The molecule has 2 heterocycles. The number of amides is 1. The average Bonchev–Trinajstić information content (AvgIpc) is 3.37. The Bertz CT molecular complexity index is 1670. The van der Waals surface area contributed by atoms with Gasteiger partial charge in [-0.05, 0) is 37.1 Å². The lowest BCUT2D eigenvalue weighted by atomic mass is 10.0. The number of nitrogens with two attached hydrogens (primary N) is 2. The highest BCUT2D eigenvalue weighted by Crippen LogP contribution is 2.37. The van der Waals surface area contributed by atoms with Crippen molar-refractivity contribution < 1.29 is 55.9 Å². The molecule has 0 saturated heterocycles. The molecule has 0 unspecified atom stereocenters. The molecule has 4 rings (SSSR count). The average molecular weight is 658 g/mol. The van der Waals surface area contributed by atoms with Crippen LogP contribution in [0.15, 0.2) is 54.7 Å². The van der Waals surface area contributed by atoms with Crippen LogP contribution in [0.25, 0.3) is 16.6 Å². The van der Waals surface area contributed by atoms with Crippen LogP contribution in [0.2, 0.25) is 0 Å². The van der Waals surface area contributed by atoms with Crippen molar-refractivity contribution in [2.45, 2.75) is 25.3 Å². The third-order valence-corrected chi connectivity index (χ3v) is 6.44. The summed E-state index contributed by atoms with van der Waals surface area (Å²) in [7, 11) is -4.93. The first kappa shape index (κ1) is 35.1. The van der Waals surface area contributed by atoms with Gasteiger partial charge in [0.1, 0.15) is 17.3 Å². The summed E-state index contributed by atoms with van der Waals surface area (Å²) < 4.78 is 80.1. The highest BCUT2D eigenvalue weighted by atomic mass is 31.2. The SMILES string of the molecule is NCCCC[C@@H](N)C(=O)O.O=C(Nc1c(F)c(F)c(-c2ccccc2)c(F)c1F)c1c(OCOP(=O)(O)O)nn2ccccc12. The fraction of sp³-hybridized carbons (Fsp3) is 0.222. The minimum absolute atomic E-state index is 0.0406. The first-order valence-electron chi connectivity index (χ1n) is 13.0. The smallest absolute Gasteiger partial charge is 0.472 e. The normalized spacial score (nSPS) is 11.9. The van der Waals surface area contributed by atoms with Gasteiger partial charge in [-0.3, -0.25) is 9.59 Å². The third kappa shape index (κ3) is 9.07. The van der Waals surface area contributed by atoms with E-state index in [1.165, 1.54) is 48.7 Å². The number of phosphoric ester groups is 1. The Morgan fingerprint density at radius 3 is 2.18 bits per heavy atom. The Labute approximate surface area is 252 Å². The van der Waals surface area contributed by atoms with E-state index < -0.39 is 78.5 Å². The van der Waals surface area contributed by atoms with Crippen molar-refractivity contribution in [2.24, 2.45) is 11.5 Å². The lowest BCUT2D eigenvalue weighted by Gasteiger charge is -2.13. The summed E-state index contributed by atoms with van der Waals surface area (Å²) in [6.07, 6.45) is 3.54. The number of aliphatic carboxylic acids is 1. The number of benzene rings is 2. The summed E-state index contributed by atoms with van der Waals surface area (Å²) in [6, 6.07) is 10.5. The molecule has 0 aliphatic carbocycles. The molecule has 0 spiro atoms. The van der Waals surface area contributed by atoms with Gasteiger partial charge in [-0.2, -0.15) is 0 Å². The highest BCUT2D eigenvalue weighted by Gasteiger charge is 2.30. The number of ether oxygens (including phenoxy) is 1. The lowest BCUT2D eigenvalue weighted by molar-refractivity contribution is -0.138. The number of unbranched alkanes of at least 4 members (excludes halogenated alkanes) is 1. The van der Waals surface area contributed by atoms with Crippen LogP contribution in [0, 0.1) is 23.3 Å². The predicted molar refractivity (Wildman–Crippen MR) is 152 cm³/mol. The molecule has 4 aromatic rings. The van der Waals surface area contributed by atoms with Crippen LogP contribution < -0.4 is 21.5 Å². The van der Waals surface area contributed by atoms with Crippen molar-refractivity contribution in [3.63, 3.8) is 0 Å². The van der Waals surface area contributed by atoms with E-state index >= 15 is 0 Å². The molecule has 13 nitrogen and oxygen atoms in total. The van der Waals surface area contributed by atoms with Crippen LogP contribution in [0.3, 0.4) is 0 Å². The van der Waals surface area contributed by atoms with Crippen molar-refractivity contribution in [2.75, 3.05) is 18.7 Å². The summed E-state index contributed by atoms with van der Waals surface area (Å²) in [5, 5.41) is 14.0. The van der Waals surface area contributed by atoms with E-state index in [9.17, 15) is 31.7 Å². The van der Waals surface area contributed by atoms with Gasteiger partial charge in [0, 0.05) is 6.20 Å². The molecule has 18 heteroatoms. The predicted octanol–water partition coefficient (Wildman–Crippen LogP) is 3.78. The maximum absolute atomic E-state index is 14.8. The van der Waals surface area contributed by atoms with Gasteiger partial charge >= 0.3 is 13.8 Å². The van der Waals surface area contributed by atoms with Gasteiger partial charge in [0.05, 0.1) is 11.1 Å². The first-order valence-corrected chi connectivity index (χ1v) is 14.5. The lowest BCUT2D eigenvalue weighted by Crippen LogP contribution is -2.29. The van der Waals surface area contributed by atoms with Crippen LogP contribution in [0.4, 0.5) is 23.2 Å². The highest BCUT2D eigenvalue weighted by molar-refractivity contribution is 7.46. The number of hydrogen-bond donors (Lipinski definition) is 6. The quantitative estimate of drug-likeness (QED) is 0.0424. The molecule has 2 aromatic heterocycles. The van der Waals surface area contributed by atoms with Gasteiger partial charge < -0.3 is 36.4 Å². The number of rotatable bonds is 12. The number of carboxylic acid groups (broad SMARTS) is 1. The van der Waals surface area contributed by atoms with E-state index in [0.29, 0.717) is 13.0 Å². The summed E-state index contributed by atoms with van der Waals surface area (Å²) in [4.78, 5) is 40.6. The molecular weight excluding hydrogens is 629 g/mol. The molecule has 242 valence electrons. The minimum atomic E-state index is -4.93. The third-order valence-electron chi connectivity index (χ3n) is 6.00. The molecular formula is C27H28F4N5O8P. The van der Waals surface area contributed by atoms with Gasteiger partial charge in [0.2, 0.25) is 12.7 Å². The summed E-state index contributed by atoms with van der Waals surface area (Å²) >= 11 is 0. The standard InChI is InChI=1S/C21H14F4N3O6P.C6H14N2O2/c22-15-13(11-6-2-1-3-7-11)16(23)18(25)19(17(15)24)26-20(29)14-12-8-4-5-9-28(12)27-21(14)33-10-34-35(30,31)32;7-4-2-1-3-5(8)6(9)10/h1-9H,10H2,(H,26,29)(H2,30,31,32);5H,1-4,7-8H2,(H,9,10)/t;5-/m.1/s1. The molecule has 0 fully saturated rings. The fourth-order valence-electron chi connectivity index (χ4n) is 3.85. The van der Waals surface area contributed by atoms with E-state index in [-0.39, 0.29) is 11.1 Å². The first-order chi connectivity index (χ1) is 21.3. The van der Waals surface area contributed by atoms with Crippen LogP contribution >= 0.6 is 7.82 Å². The molecule has 0 aliphatic rings. The largest absolute Gasteiger partial charge is 0.480 e. The van der Waals surface area contributed by atoms with E-state index in [4.69, 9.17) is 31.1 Å². The van der Waals surface area contributed by atoms with E-state index in [1.54, 1.807) is 11.4 Å². The number of fused-ring (bicyclic) bond motifs is 1. The summed E-state index contributed by atoms with van der Waals surface area (Å²) in [5.74, 6) is -9.89. The van der Waals surface area contributed by atoms with Gasteiger partial charge in [-0.25, -0.2) is 31.2 Å². The van der Waals surface area contributed by atoms with Crippen LogP contribution in [-0.2, 0) is 13.9 Å². The molecule has 0 aliphatic heterocycles. The zero-order valence-electron chi connectivity index (χ0n) is 23.2. The molecule has 8 N–H and O–H groups in total. The Hall–Kier alpha value is -4.38. The Balaban J connectivity index is 0.000000477. The summed E-state index contributed by atoms with van der Waals surface area (Å²) in [5.41, 5.74) is 7.54. The Morgan fingerprint density at radius 1 is 0.978 bits per heavy atom. The zero-order valence-corrected chi connectivity index (χ0v) is 24.1. The van der Waals surface area contributed by atoms with Crippen molar-refractivity contribution >= 4 is 30.9 Å². The monoisotopic (exact) mass is 657 g/mol. The second kappa shape index (κ2) is 15.6. The van der Waals surface area contributed by atoms with E-state index in [2.05, 4.69) is 9.62 Å². The van der Waals surface area contributed by atoms with Gasteiger partial charge in [0.25, 0.3) is 5.91 Å². The van der Waals surface area contributed by atoms with Crippen LogP contribution in [-0.4, -0.2) is 55.8 Å². The molecule has 1 amide bonds.